The summed E-state index contributed by atoms with van der Waals surface area (Å²) < 4.78 is 5.33. The van der Waals surface area contributed by atoms with Crippen LogP contribution in [0.5, 0.6) is 0 Å². The van der Waals surface area contributed by atoms with Gasteiger partial charge >= 0.3 is 12.1 Å². The van der Waals surface area contributed by atoms with E-state index in [1.807, 2.05) is 12.2 Å². The largest absolute Gasteiger partial charge is 0.479 e. The zero-order valence-corrected chi connectivity index (χ0v) is 19.6. The number of carbonyl (C=O) groups is 4. The first kappa shape index (κ1) is 25.1. The van der Waals surface area contributed by atoms with E-state index in [1.165, 1.54) is 4.90 Å². The van der Waals surface area contributed by atoms with E-state index in [-0.39, 0.29) is 18.9 Å². The van der Waals surface area contributed by atoms with Gasteiger partial charge in [-0.25, -0.2) is 9.59 Å². The van der Waals surface area contributed by atoms with Crippen LogP contribution in [0.2, 0.25) is 5.82 Å². The molecule has 3 N–H and O–H groups in total. The zero-order chi connectivity index (χ0) is 24.4. The zero-order valence-electron chi connectivity index (χ0n) is 19.6. The quantitative estimate of drug-likeness (QED) is 0.428. The van der Waals surface area contributed by atoms with Crippen LogP contribution in [0.3, 0.4) is 0 Å². The van der Waals surface area contributed by atoms with Crippen molar-refractivity contribution in [2.24, 2.45) is 5.92 Å². The summed E-state index contributed by atoms with van der Waals surface area (Å²) in [7, 11) is 6.09. The molecule has 33 heavy (non-hydrogen) atoms. The first-order valence-corrected chi connectivity index (χ1v) is 11.7. The molecule has 1 saturated carbocycles. The Kier molecular flexibility index (Phi) is 7.44. The Balaban J connectivity index is 1.83. The van der Waals surface area contributed by atoms with E-state index in [0.717, 1.165) is 19.3 Å². The molecule has 0 aromatic carbocycles. The van der Waals surface area contributed by atoms with Crippen molar-refractivity contribution in [2.75, 3.05) is 6.54 Å². The van der Waals surface area contributed by atoms with Gasteiger partial charge in [0.15, 0.2) is 0 Å². The smallest absolute Gasteiger partial charge is 0.408 e. The first-order valence-electron chi connectivity index (χ1n) is 11.7. The summed E-state index contributed by atoms with van der Waals surface area (Å²) in [5.41, 5.74) is -2.06. The number of nitrogens with one attached hydrogen (secondary N) is 2. The molecule has 0 spiro atoms. The molecule has 180 valence electrons. The van der Waals surface area contributed by atoms with Crippen LogP contribution in [0.15, 0.2) is 12.2 Å². The van der Waals surface area contributed by atoms with Crippen LogP contribution in [0, 0.1) is 5.92 Å². The Morgan fingerprint density at radius 3 is 2.67 bits per heavy atom. The van der Waals surface area contributed by atoms with Crippen molar-refractivity contribution in [3.05, 3.63) is 12.2 Å². The fourth-order valence-electron chi connectivity index (χ4n) is 4.58. The molecule has 3 aliphatic rings. The van der Waals surface area contributed by atoms with E-state index in [1.54, 1.807) is 20.8 Å². The Bertz CT molecular complexity index is 826. The number of carboxylic acid groups (broad SMARTS) is 1. The second-order valence-corrected chi connectivity index (χ2v) is 10.3. The van der Waals surface area contributed by atoms with Crippen LogP contribution < -0.4 is 10.6 Å². The van der Waals surface area contributed by atoms with Crippen LogP contribution in [0.4, 0.5) is 4.79 Å². The number of nitrogens with zero attached hydrogens (tertiary/aromatic N) is 1. The molecule has 9 nitrogen and oxygen atoms in total. The van der Waals surface area contributed by atoms with Crippen LogP contribution in [-0.2, 0) is 19.1 Å². The summed E-state index contributed by atoms with van der Waals surface area (Å²) in [5, 5.41) is 15.1. The lowest BCUT2D eigenvalue weighted by Crippen LogP contribution is -2.56. The Hall–Kier alpha value is -2.52. The molecule has 0 aromatic rings. The van der Waals surface area contributed by atoms with Gasteiger partial charge in [-0.05, 0) is 52.9 Å². The van der Waals surface area contributed by atoms with Crippen molar-refractivity contribution in [3.8, 4) is 0 Å². The lowest BCUT2D eigenvalue weighted by Gasteiger charge is -2.30. The molecule has 2 heterocycles. The Morgan fingerprint density at radius 2 is 2.00 bits per heavy atom. The number of hydrogen-bond acceptors (Lipinski definition) is 5. The average molecular weight is 459 g/mol. The van der Waals surface area contributed by atoms with Crippen LogP contribution in [-0.4, -0.2) is 71.5 Å². The molecule has 10 heteroatoms. The van der Waals surface area contributed by atoms with E-state index in [9.17, 15) is 24.3 Å². The second kappa shape index (κ2) is 9.77. The number of carboxylic acids is 1. The summed E-state index contributed by atoms with van der Waals surface area (Å²) in [6, 6.07) is -1.75. The van der Waals surface area contributed by atoms with E-state index >= 15 is 0 Å². The minimum atomic E-state index is -1.34. The molecule has 2 radical (unpaired) electrons. The summed E-state index contributed by atoms with van der Waals surface area (Å²) in [4.78, 5) is 52.3. The highest BCUT2D eigenvalue weighted by atomic mass is 16.6. The number of allylic oxidation sites excluding steroid dienone is 1. The first-order chi connectivity index (χ1) is 15.4. The maximum absolute atomic E-state index is 13.5. The highest BCUT2D eigenvalue weighted by Crippen LogP contribution is 2.45. The van der Waals surface area contributed by atoms with Gasteiger partial charge in [-0.15, -0.1) is 0 Å². The molecule has 1 saturated heterocycles. The van der Waals surface area contributed by atoms with E-state index in [4.69, 9.17) is 12.6 Å². The van der Waals surface area contributed by atoms with Gasteiger partial charge in [0.05, 0.1) is 7.85 Å². The van der Waals surface area contributed by atoms with Crippen molar-refractivity contribution >= 4 is 31.7 Å². The second-order valence-electron chi connectivity index (χ2n) is 10.3. The van der Waals surface area contributed by atoms with Gasteiger partial charge in [0.1, 0.15) is 23.2 Å². The highest BCUT2D eigenvalue weighted by Gasteiger charge is 2.61. The molecule has 2 aliphatic heterocycles. The number of carbonyl (C=O) groups excluding carboxylic acids is 3. The van der Waals surface area contributed by atoms with Gasteiger partial charge in [0, 0.05) is 12.5 Å². The number of ether oxygens (including phenoxy) is 1. The summed E-state index contributed by atoms with van der Waals surface area (Å²) in [6.07, 6.45) is 7.29. The van der Waals surface area contributed by atoms with E-state index in [0.29, 0.717) is 19.3 Å². The third-order valence-corrected chi connectivity index (χ3v) is 6.38. The number of amides is 3. The van der Waals surface area contributed by atoms with E-state index in [2.05, 4.69) is 10.6 Å². The molecule has 1 aliphatic carbocycles. The van der Waals surface area contributed by atoms with Crippen molar-refractivity contribution in [1.82, 2.24) is 15.5 Å². The Labute approximate surface area is 196 Å². The average Bonchev–Trinajstić information content (AvgIpc) is 3.25. The molecule has 0 bridgehead atoms. The fourth-order valence-corrected chi connectivity index (χ4v) is 4.58. The highest BCUT2D eigenvalue weighted by molar-refractivity contribution is 6.13. The number of alkyl carbamates (subject to hydrolysis) is 1. The van der Waals surface area contributed by atoms with Crippen molar-refractivity contribution in [2.45, 2.75) is 94.8 Å². The number of hydrogen-bond donors (Lipinski definition) is 3. The van der Waals surface area contributed by atoms with Crippen LogP contribution in [0.1, 0.15) is 65.7 Å². The Morgan fingerprint density at radius 1 is 1.27 bits per heavy atom. The predicted octanol–water partition coefficient (Wildman–Crippen LogP) is 1.92. The molecule has 5 atom stereocenters. The lowest BCUT2D eigenvalue weighted by atomic mass is 9.85. The van der Waals surface area contributed by atoms with Gasteiger partial charge < -0.3 is 25.4 Å². The topological polar surface area (TPSA) is 125 Å². The van der Waals surface area contributed by atoms with Crippen molar-refractivity contribution < 1.29 is 29.0 Å². The van der Waals surface area contributed by atoms with Gasteiger partial charge in [-0.3, -0.25) is 9.59 Å². The minimum Gasteiger partial charge on any atom is -0.479 e. The maximum Gasteiger partial charge on any atom is 0.408 e. The molecule has 2 fully saturated rings. The van der Waals surface area contributed by atoms with Gasteiger partial charge in [-0.1, -0.05) is 30.8 Å². The van der Waals surface area contributed by atoms with Crippen molar-refractivity contribution in [3.63, 3.8) is 0 Å². The number of rotatable bonds is 2. The third kappa shape index (κ3) is 6.09. The van der Waals surface area contributed by atoms with Crippen LogP contribution >= 0.6 is 0 Å². The van der Waals surface area contributed by atoms with Gasteiger partial charge in [0.2, 0.25) is 11.8 Å². The molecular formula is C23H34BN3O6. The van der Waals surface area contributed by atoms with Crippen molar-refractivity contribution in [1.29, 1.82) is 0 Å². The third-order valence-electron chi connectivity index (χ3n) is 6.38. The maximum atomic E-state index is 13.5. The normalized spacial score (nSPS) is 33.1. The van der Waals surface area contributed by atoms with Crippen LogP contribution in [0.25, 0.3) is 0 Å². The minimum absolute atomic E-state index is 0.160. The molecule has 0 aromatic heterocycles. The molecule has 3 rings (SSSR count). The SMILES string of the molecule is [B][C@@H]1C[C@H]2C(=O)NC3(C(=O)O)C[C@H]3C=CCCCCC[C@H](NC(=O)OC(C)(C)C)C(=O)N2C1. The summed E-state index contributed by atoms with van der Waals surface area (Å²) in [6.45, 7) is 5.37. The molecular weight excluding hydrogens is 425 g/mol. The van der Waals surface area contributed by atoms with Gasteiger partial charge in [0.25, 0.3) is 0 Å². The summed E-state index contributed by atoms with van der Waals surface area (Å²) in [5.74, 6) is -2.70. The predicted molar refractivity (Wildman–Crippen MR) is 122 cm³/mol. The monoisotopic (exact) mass is 459 g/mol. The van der Waals surface area contributed by atoms with E-state index < -0.39 is 52.9 Å². The fraction of sp³-hybridized carbons (Fsp3) is 0.739. The lowest BCUT2D eigenvalue weighted by molar-refractivity contribution is -0.145. The number of aliphatic carboxylic acids is 1. The standard InChI is InChI=1S/C23H34BN3O6/c1-22(2,3)33-21(32)25-16-10-8-6-4-5-7-9-14-12-23(14,20(30)31)26-18(28)17-11-15(24)13-27(17)19(16)29/h7,9,14-17H,4-6,8,10-13H2,1-3H3,(H,25,32)(H,26,28)(H,30,31)/t14-,15-,16+,17+,23?/m1/s1. The number of fused-ring (bicyclic) bond motifs is 2. The summed E-state index contributed by atoms with van der Waals surface area (Å²) >= 11 is 0. The van der Waals surface area contributed by atoms with Gasteiger partial charge in [-0.2, -0.15) is 0 Å². The molecule has 3 amide bonds. The molecule has 1 unspecified atom stereocenters.